The number of sulfonamides is 1. The van der Waals surface area contributed by atoms with Crippen LogP contribution in [-0.2, 0) is 10.0 Å². The van der Waals surface area contributed by atoms with E-state index in [1.54, 1.807) is 30.3 Å². The van der Waals surface area contributed by atoms with Gasteiger partial charge in [0.1, 0.15) is 17.1 Å². The molecule has 2 N–H and O–H groups in total. The van der Waals surface area contributed by atoms with Gasteiger partial charge in [0.15, 0.2) is 5.78 Å². The molecule has 3 rings (SSSR count). The molecule has 0 radical (unpaired) electrons. The molecule has 7 heteroatoms. The zero-order chi connectivity index (χ0) is 19.8. The van der Waals surface area contributed by atoms with E-state index in [9.17, 15) is 18.3 Å². The lowest BCUT2D eigenvalue weighted by Crippen LogP contribution is -2.09. The van der Waals surface area contributed by atoms with Crippen molar-refractivity contribution in [1.29, 1.82) is 0 Å². The highest BCUT2D eigenvalue weighted by Gasteiger charge is 2.25. The molecule has 0 spiro atoms. The Balaban J connectivity index is 2.21. The molecule has 2 aromatic carbocycles. The minimum absolute atomic E-state index is 0.0137. The summed E-state index contributed by atoms with van der Waals surface area (Å²) in [6, 6.07) is 10.9. The molecule has 1 heterocycles. The van der Waals surface area contributed by atoms with Crippen LogP contribution in [0.1, 0.15) is 47.9 Å². The van der Waals surface area contributed by atoms with Gasteiger partial charge in [-0.05, 0) is 48.9 Å². The fourth-order valence-corrected chi connectivity index (χ4v) is 3.47. The molecule has 142 valence electrons. The number of carbonyl (C=O) groups excluding carboxylic acids is 1. The third-order valence-corrected chi connectivity index (χ3v) is 5.04. The number of carbonyl (C=O) groups is 1. The highest BCUT2D eigenvalue weighted by atomic mass is 32.2. The summed E-state index contributed by atoms with van der Waals surface area (Å²) >= 11 is 0. The number of nitrogens with one attached hydrogen (secondary N) is 1. The van der Waals surface area contributed by atoms with E-state index >= 15 is 0 Å². The Bertz CT molecular complexity index is 1100. The quantitative estimate of drug-likeness (QED) is 0.616. The molecule has 1 unspecified atom stereocenters. The lowest BCUT2D eigenvalue weighted by molar-refractivity contribution is 0.103. The predicted octanol–water partition coefficient (Wildman–Crippen LogP) is 4.25. The molecule has 0 saturated heterocycles. The van der Waals surface area contributed by atoms with Crippen LogP contribution in [0.2, 0.25) is 0 Å². The molecule has 0 fully saturated rings. The lowest BCUT2D eigenvalue weighted by atomic mass is 9.94. The standard InChI is InChI=1S/C20H21NO5S/c1-4-12(2)20-18(19(23)13-5-8-15(22)9-6-13)16-11-14(21-27(3,24)25)7-10-17(16)26-20/h5-12,21-22H,4H2,1-3H3. The molecule has 1 aromatic heterocycles. The molecule has 0 bridgehead atoms. The summed E-state index contributed by atoms with van der Waals surface area (Å²) in [7, 11) is -3.44. The van der Waals surface area contributed by atoms with Crippen LogP contribution in [0.25, 0.3) is 11.0 Å². The average Bonchev–Trinajstić information content (AvgIpc) is 2.98. The van der Waals surface area contributed by atoms with Crippen molar-refractivity contribution < 1.29 is 22.7 Å². The van der Waals surface area contributed by atoms with Crippen LogP contribution in [-0.4, -0.2) is 25.6 Å². The van der Waals surface area contributed by atoms with Crippen LogP contribution in [0.5, 0.6) is 5.75 Å². The van der Waals surface area contributed by atoms with Gasteiger partial charge in [-0.3, -0.25) is 9.52 Å². The first-order chi connectivity index (χ1) is 12.7. The van der Waals surface area contributed by atoms with Gasteiger partial charge in [0.05, 0.1) is 11.8 Å². The second-order valence-electron chi connectivity index (χ2n) is 6.61. The maximum absolute atomic E-state index is 13.2. The summed E-state index contributed by atoms with van der Waals surface area (Å²) in [6.07, 6.45) is 1.85. The van der Waals surface area contributed by atoms with Gasteiger partial charge in [0.25, 0.3) is 0 Å². The molecule has 0 aliphatic carbocycles. The maximum Gasteiger partial charge on any atom is 0.229 e. The summed E-state index contributed by atoms with van der Waals surface area (Å²) in [4.78, 5) is 13.2. The molecule has 6 nitrogen and oxygen atoms in total. The topological polar surface area (TPSA) is 96.6 Å². The second-order valence-corrected chi connectivity index (χ2v) is 8.36. The van der Waals surface area contributed by atoms with Gasteiger partial charge in [0, 0.05) is 22.6 Å². The zero-order valence-corrected chi connectivity index (χ0v) is 16.1. The molecule has 1 atom stereocenters. The maximum atomic E-state index is 13.2. The average molecular weight is 387 g/mol. The molecule has 0 aliphatic heterocycles. The summed E-state index contributed by atoms with van der Waals surface area (Å²) in [5.41, 5.74) is 1.72. The summed E-state index contributed by atoms with van der Waals surface area (Å²) in [5, 5.41) is 10.0. The SMILES string of the molecule is CCC(C)c1oc2ccc(NS(C)(=O)=O)cc2c1C(=O)c1ccc(O)cc1. The number of anilines is 1. The fraction of sp³-hybridized carbons (Fsp3) is 0.250. The molecule has 0 aliphatic rings. The number of phenols is 1. The van der Waals surface area contributed by atoms with Crippen LogP contribution < -0.4 is 4.72 Å². The van der Waals surface area contributed by atoms with Crippen LogP contribution in [0.3, 0.4) is 0 Å². The molecule has 0 saturated carbocycles. The number of benzene rings is 2. The van der Waals surface area contributed by atoms with Gasteiger partial charge in [-0.1, -0.05) is 13.8 Å². The van der Waals surface area contributed by atoms with E-state index in [-0.39, 0.29) is 17.5 Å². The third-order valence-electron chi connectivity index (χ3n) is 4.43. The highest BCUT2D eigenvalue weighted by Crippen LogP contribution is 2.35. The van der Waals surface area contributed by atoms with Gasteiger partial charge < -0.3 is 9.52 Å². The number of hydrogen-bond acceptors (Lipinski definition) is 5. The Morgan fingerprint density at radius 1 is 1.19 bits per heavy atom. The van der Waals surface area contributed by atoms with E-state index in [0.29, 0.717) is 33.5 Å². The van der Waals surface area contributed by atoms with Crippen LogP contribution >= 0.6 is 0 Å². The number of phenolic OH excluding ortho intramolecular Hbond substituents is 1. The van der Waals surface area contributed by atoms with Crippen molar-refractivity contribution in [2.24, 2.45) is 0 Å². The van der Waals surface area contributed by atoms with Crippen LogP contribution in [0.15, 0.2) is 46.9 Å². The predicted molar refractivity (Wildman–Crippen MR) is 105 cm³/mol. The normalized spacial score (nSPS) is 12.9. The van der Waals surface area contributed by atoms with Crippen molar-refractivity contribution in [3.63, 3.8) is 0 Å². The first-order valence-electron chi connectivity index (χ1n) is 8.57. The smallest absolute Gasteiger partial charge is 0.229 e. The molecule has 3 aromatic rings. The second kappa shape index (κ2) is 7.08. The highest BCUT2D eigenvalue weighted by molar-refractivity contribution is 7.92. The van der Waals surface area contributed by atoms with Gasteiger partial charge in [-0.15, -0.1) is 0 Å². The Morgan fingerprint density at radius 2 is 1.85 bits per heavy atom. The van der Waals surface area contributed by atoms with Crippen molar-refractivity contribution in [3.05, 3.63) is 59.4 Å². The Kier molecular flexibility index (Phi) is 4.97. The molecule has 0 amide bonds. The van der Waals surface area contributed by atoms with Crippen molar-refractivity contribution >= 4 is 32.5 Å². The van der Waals surface area contributed by atoms with Gasteiger partial charge >= 0.3 is 0 Å². The molecular formula is C20H21NO5S. The molecule has 27 heavy (non-hydrogen) atoms. The van der Waals surface area contributed by atoms with E-state index < -0.39 is 10.0 Å². The summed E-state index contributed by atoms with van der Waals surface area (Å²) < 4.78 is 31.5. The van der Waals surface area contributed by atoms with E-state index in [2.05, 4.69) is 4.72 Å². The van der Waals surface area contributed by atoms with Gasteiger partial charge in [0.2, 0.25) is 10.0 Å². The van der Waals surface area contributed by atoms with Crippen molar-refractivity contribution in [2.45, 2.75) is 26.2 Å². The van der Waals surface area contributed by atoms with Crippen molar-refractivity contribution in [1.82, 2.24) is 0 Å². The lowest BCUT2D eigenvalue weighted by Gasteiger charge is -2.08. The Labute approximate surface area is 157 Å². The summed E-state index contributed by atoms with van der Waals surface area (Å²) in [6.45, 7) is 3.98. The van der Waals surface area contributed by atoms with E-state index in [1.165, 1.54) is 12.1 Å². The van der Waals surface area contributed by atoms with Crippen LogP contribution in [0.4, 0.5) is 5.69 Å². The number of furan rings is 1. The fourth-order valence-electron chi connectivity index (χ4n) is 2.92. The number of hydrogen-bond donors (Lipinski definition) is 2. The van der Waals surface area contributed by atoms with E-state index in [1.807, 2.05) is 13.8 Å². The van der Waals surface area contributed by atoms with Crippen LogP contribution in [0, 0.1) is 0 Å². The third kappa shape index (κ3) is 3.98. The number of rotatable bonds is 6. The molecular weight excluding hydrogens is 366 g/mol. The number of ketones is 1. The Hall–Kier alpha value is -2.80. The minimum atomic E-state index is -3.44. The number of aromatic hydroxyl groups is 1. The van der Waals surface area contributed by atoms with Gasteiger partial charge in [-0.2, -0.15) is 0 Å². The summed E-state index contributed by atoms with van der Waals surface area (Å²) in [5.74, 6) is 0.424. The zero-order valence-electron chi connectivity index (χ0n) is 15.3. The van der Waals surface area contributed by atoms with Crippen molar-refractivity contribution in [2.75, 3.05) is 11.0 Å². The monoisotopic (exact) mass is 387 g/mol. The first-order valence-corrected chi connectivity index (χ1v) is 10.5. The minimum Gasteiger partial charge on any atom is -0.508 e. The van der Waals surface area contributed by atoms with E-state index in [4.69, 9.17) is 4.42 Å². The number of fused-ring (bicyclic) bond motifs is 1. The largest absolute Gasteiger partial charge is 0.508 e. The van der Waals surface area contributed by atoms with Gasteiger partial charge in [-0.25, -0.2) is 8.42 Å². The van der Waals surface area contributed by atoms with Crippen molar-refractivity contribution in [3.8, 4) is 5.75 Å². The van der Waals surface area contributed by atoms with E-state index in [0.717, 1.165) is 12.7 Å². The first kappa shape index (κ1) is 19.0. The Morgan fingerprint density at radius 3 is 2.44 bits per heavy atom.